The number of hydrogen-bond donors (Lipinski definition) is 0. The number of ether oxygens (including phenoxy) is 2. The largest absolute Gasteiger partial charge is 0.501 e. The van der Waals surface area contributed by atoms with E-state index in [-0.39, 0.29) is 18.0 Å². The molecule has 2 heterocycles. The predicted octanol–water partition coefficient (Wildman–Crippen LogP) is 1.82. The van der Waals surface area contributed by atoms with Gasteiger partial charge in [-0.25, -0.2) is 0 Å². The van der Waals surface area contributed by atoms with Crippen LogP contribution in [0.25, 0.3) is 0 Å². The first-order valence-corrected chi connectivity index (χ1v) is 5.27. The van der Waals surface area contributed by atoms with Crippen molar-refractivity contribution in [2.24, 2.45) is 0 Å². The molecular weight excluding hydrogens is 180 g/mol. The molecule has 3 heteroatoms. The molecule has 78 valence electrons. The van der Waals surface area contributed by atoms with E-state index in [4.69, 9.17) is 9.47 Å². The Kier molecular flexibility index (Phi) is 2.87. The van der Waals surface area contributed by atoms with Crippen LogP contribution in [0.1, 0.15) is 32.6 Å². The van der Waals surface area contributed by atoms with Gasteiger partial charge in [0.1, 0.15) is 6.10 Å². The van der Waals surface area contributed by atoms with Crippen LogP contribution in [0.5, 0.6) is 0 Å². The fraction of sp³-hybridized carbons (Fsp3) is 0.727. The average Bonchev–Trinajstić information content (AvgIpc) is 2.65. The summed E-state index contributed by atoms with van der Waals surface area (Å²) < 4.78 is 10.7. The van der Waals surface area contributed by atoms with E-state index in [0.29, 0.717) is 0 Å². The number of hydrogen-bond acceptors (Lipinski definition) is 3. The van der Waals surface area contributed by atoms with Crippen molar-refractivity contribution in [2.75, 3.05) is 6.61 Å². The van der Waals surface area contributed by atoms with E-state index in [1.54, 1.807) is 6.26 Å². The Morgan fingerprint density at radius 1 is 1.50 bits per heavy atom. The molecule has 0 aromatic carbocycles. The molecule has 1 fully saturated rings. The van der Waals surface area contributed by atoms with E-state index in [9.17, 15) is 4.79 Å². The summed E-state index contributed by atoms with van der Waals surface area (Å²) in [6.07, 6.45) is 5.26. The summed E-state index contributed by atoms with van der Waals surface area (Å²) in [7, 11) is 0. The molecule has 0 radical (unpaired) electrons. The summed E-state index contributed by atoms with van der Waals surface area (Å²) in [6, 6.07) is 0. The molecule has 2 rings (SSSR count). The monoisotopic (exact) mass is 196 g/mol. The van der Waals surface area contributed by atoms with Crippen molar-refractivity contribution in [1.29, 1.82) is 0 Å². The van der Waals surface area contributed by atoms with Crippen LogP contribution >= 0.6 is 0 Å². The smallest absolute Gasteiger partial charge is 0.190 e. The van der Waals surface area contributed by atoms with Crippen molar-refractivity contribution in [1.82, 2.24) is 0 Å². The third-order valence-electron chi connectivity index (χ3n) is 2.77. The lowest BCUT2D eigenvalue weighted by atomic mass is 10.0. The molecule has 0 amide bonds. The van der Waals surface area contributed by atoms with Crippen molar-refractivity contribution >= 4 is 5.78 Å². The minimum Gasteiger partial charge on any atom is -0.501 e. The molecule has 0 spiro atoms. The first-order chi connectivity index (χ1) is 6.77. The molecule has 0 N–H and O–H groups in total. The van der Waals surface area contributed by atoms with Crippen LogP contribution in [-0.2, 0) is 14.3 Å². The SMILES string of the molecule is CC1CCC(C(=O)C2=COCCC2)O1. The molecule has 2 unspecified atom stereocenters. The topological polar surface area (TPSA) is 35.5 Å². The van der Waals surface area contributed by atoms with Gasteiger partial charge in [-0.05, 0) is 32.6 Å². The number of ketones is 1. The zero-order valence-electron chi connectivity index (χ0n) is 8.49. The second-order valence-corrected chi connectivity index (χ2v) is 3.99. The molecule has 0 aromatic rings. The van der Waals surface area contributed by atoms with Crippen LogP contribution in [0.15, 0.2) is 11.8 Å². The fourth-order valence-electron chi connectivity index (χ4n) is 1.95. The van der Waals surface area contributed by atoms with Crippen LogP contribution in [-0.4, -0.2) is 24.6 Å². The Labute approximate surface area is 84.1 Å². The van der Waals surface area contributed by atoms with Crippen molar-refractivity contribution in [3.8, 4) is 0 Å². The molecular formula is C11H16O3. The maximum Gasteiger partial charge on any atom is 0.190 e. The zero-order valence-corrected chi connectivity index (χ0v) is 8.49. The van der Waals surface area contributed by atoms with Gasteiger partial charge in [0, 0.05) is 5.57 Å². The van der Waals surface area contributed by atoms with Crippen molar-refractivity contribution in [3.63, 3.8) is 0 Å². The molecule has 0 aliphatic carbocycles. The zero-order chi connectivity index (χ0) is 9.97. The van der Waals surface area contributed by atoms with Gasteiger partial charge in [0.25, 0.3) is 0 Å². The summed E-state index contributed by atoms with van der Waals surface area (Å²) in [6.45, 7) is 2.75. The van der Waals surface area contributed by atoms with Crippen molar-refractivity contribution in [2.45, 2.75) is 44.8 Å². The molecule has 0 aromatic heterocycles. The van der Waals surface area contributed by atoms with E-state index >= 15 is 0 Å². The molecule has 0 saturated carbocycles. The van der Waals surface area contributed by atoms with E-state index in [0.717, 1.165) is 37.9 Å². The van der Waals surface area contributed by atoms with Gasteiger partial charge in [0.15, 0.2) is 5.78 Å². The van der Waals surface area contributed by atoms with Crippen LogP contribution in [0, 0.1) is 0 Å². The van der Waals surface area contributed by atoms with Crippen LogP contribution in [0.4, 0.5) is 0 Å². The minimum absolute atomic E-state index is 0.133. The fourth-order valence-corrected chi connectivity index (χ4v) is 1.95. The Bertz CT molecular complexity index is 257. The van der Waals surface area contributed by atoms with Gasteiger partial charge >= 0.3 is 0 Å². The van der Waals surface area contributed by atoms with Gasteiger partial charge in [-0.2, -0.15) is 0 Å². The molecule has 2 aliphatic rings. The summed E-state index contributed by atoms with van der Waals surface area (Å²) >= 11 is 0. The molecule has 3 nitrogen and oxygen atoms in total. The maximum absolute atomic E-state index is 11.9. The molecule has 0 bridgehead atoms. The maximum atomic E-state index is 11.9. The summed E-state index contributed by atoms with van der Waals surface area (Å²) in [5.41, 5.74) is 0.801. The molecule has 14 heavy (non-hydrogen) atoms. The van der Waals surface area contributed by atoms with Crippen molar-refractivity contribution < 1.29 is 14.3 Å². The Morgan fingerprint density at radius 3 is 2.93 bits per heavy atom. The van der Waals surface area contributed by atoms with Crippen LogP contribution < -0.4 is 0 Å². The Hall–Kier alpha value is -0.830. The van der Waals surface area contributed by atoms with Crippen molar-refractivity contribution in [3.05, 3.63) is 11.8 Å². The van der Waals surface area contributed by atoms with E-state index < -0.39 is 0 Å². The van der Waals surface area contributed by atoms with Gasteiger partial charge in [-0.3, -0.25) is 4.79 Å². The second-order valence-electron chi connectivity index (χ2n) is 3.99. The van der Waals surface area contributed by atoms with Gasteiger partial charge in [0.05, 0.1) is 19.0 Å². The number of carbonyl (C=O) groups excluding carboxylic acids is 1. The lowest BCUT2D eigenvalue weighted by Gasteiger charge is -2.16. The van der Waals surface area contributed by atoms with E-state index in [1.807, 2.05) is 6.92 Å². The predicted molar refractivity (Wildman–Crippen MR) is 51.8 cm³/mol. The standard InChI is InChI=1S/C11H16O3/c1-8-4-5-10(14-8)11(12)9-3-2-6-13-7-9/h7-8,10H,2-6H2,1H3. The van der Waals surface area contributed by atoms with Gasteiger partial charge in [-0.15, -0.1) is 0 Å². The minimum atomic E-state index is -0.210. The first kappa shape index (κ1) is 9.71. The highest BCUT2D eigenvalue weighted by Gasteiger charge is 2.30. The average molecular weight is 196 g/mol. The Balaban J connectivity index is 1.97. The molecule has 2 aliphatic heterocycles. The van der Waals surface area contributed by atoms with Gasteiger partial charge in [-0.1, -0.05) is 0 Å². The lowest BCUT2D eigenvalue weighted by molar-refractivity contribution is -0.126. The highest BCUT2D eigenvalue weighted by molar-refractivity contribution is 5.98. The Morgan fingerprint density at radius 2 is 2.36 bits per heavy atom. The van der Waals surface area contributed by atoms with Crippen LogP contribution in [0.2, 0.25) is 0 Å². The molecule has 2 atom stereocenters. The highest BCUT2D eigenvalue weighted by Crippen LogP contribution is 2.24. The normalized spacial score (nSPS) is 32.2. The quantitative estimate of drug-likeness (QED) is 0.675. The number of carbonyl (C=O) groups is 1. The van der Waals surface area contributed by atoms with Gasteiger partial charge < -0.3 is 9.47 Å². The highest BCUT2D eigenvalue weighted by atomic mass is 16.5. The van der Waals surface area contributed by atoms with E-state index in [2.05, 4.69) is 0 Å². The third kappa shape index (κ3) is 1.98. The van der Waals surface area contributed by atoms with E-state index in [1.165, 1.54) is 0 Å². The summed E-state index contributed by atoms with van der Waals surface area (Å²) in [5.74, 6) is 0.133. The summed E-state index contributed by atoms with van der Waals surface area (Å²) in [4.78, 5) is 11.9. The molecule has 1 saturated heterocycles. The number of rotatable bonds is 2. The number of Topliss-reactive ketones (excluding diaryl/α,β-unsaturated/α-hetero) is 1. The second kappa shape index (κ2) is 4.13. The third-order valence-corrected chi connectivity index (χ3v) is 2.77. The summed E-state index contributed by atoms with van der Waals surface area (Å²) in [5, 5.41) is 0. The lowest BCUT2D eigenvalue weighted by Crippen LogP contribution is -2.24. The van der Waals surface area contributed by atoms with Crippen LogP contribution in [0.3, 0.4) is 0 Å². The first-order valence-electron chi connectivity index (χ1n) is 5.27. The van der Waals surface area contributed by atoms with Gasteiger partial charge in [0.2, 0.25) is 0 Å².